The van der Waals surface area contributed by atoms with E-state index in [-0.39, 0.29) is 18.2 Å². The maximum Gasteiger partial charge on any atom is 0.133 e. The first kappa shape index (κ1) is 21.0. The van der Waals surface area contributed by atoms with Gasteiger partial charge in [-0.1, -0.05) is 24.3 Å². The van der Waals surface area contributed by atoms with E-state index >= 15 is 8.78 Å². The molecule has 30 heavy (non-hydrogen) atoms. The molecular formula is C25H29F3N2. The highest BCUT2D eigenvalue weighted by atomic mass is 19.1. The van der Waals surface area contributed by atoms with Gasteiger partial charge in [-0.15, -0.1) is 0 Å². The molecule has 0 saturated carbocycles. The number of hydrogen-bond donors (Lipinski definition) is 1. The molecule has 4 rings (SSSR count). The van der Waals surface area contributed by atoms with Crippen LogP contribution in [0, 0.1) is 11.6 Å². The summed E-state index contributed by atoms with van der Waals surface area (Å²) in [7, 11) is 0. The molecular weight excluding hydrogens is 385 g/mol. The maximum absolute atomic E-state index is 15.3. The van der Waals surface area contributed by atoms with Crippen LogP contribution in [0.5, 0.6) is 0 Å². The molecule has 2 atom stereocenters. The van der Waals surface area contributed by atoms with E-state index in [1.807, 2.05) is 30.9 Å². The van der Waals surface area contributed by atoms with Crippen molar-refractivity contribution in [3.8, 4) is 0 Å². The molecule has 0 spiro atoms. The molecule has 1 aliphatic carbocycles. The van der Waals surface area contributed by atoms with E-state index in [9.17, 15) is 4.39 Å². The number of alkyl halides is 1. The number of halogens is 3. The molecule has 1 aliphatic heterocycles. The number of nitrogens with zero attached hydrogens (tertiary/aromatic N) is 1. The van der Waals surface area contributed by atoms with E-state index < -0.39 is 23.3 Å². The van der Waals surface area contributed by atoms with Crippen molar-refractivity contribution in [3.05, 3.63) is 70.3 Å². The molecule has 0 aromatic heterocycles. The van der Waals surface area contributed by atoms with E-state index in [1.165, 1.54) is 31.5 Å². The highest BCUT2D eigenvalue weighted by molar-refractivity contribution is 5.79. The molecule has 5 heteroatoms. The topological polar surface area (TPSA) is 15.3 Å². The van der Waals surface area contributed by atoms with E-state index in [1.54, 1.807) is 0 Å². The van der Waals surface area contributed by atoms with E-state index in [2.05, 4.69) is 17.4 Å². The third-order valence-corrected chi connectivity index (χ3v) is 6.13. The Bertz CT molecular complexity index is 967. The van der Waals surface area contributed by atoms with E-state index in [0.29, 0.717) is 18.7 Å². The number of nitrogens with one attached hydrogen (secondary N) is 1. The molecule has 0 bridgehead atoms. The molecule has 0 fully saturated rings. The Hall–Kier alpha value is -2.27. The van der Waals surface area contributed by atoms with Crippen LogP contribution in [0.25, 0.3) is 5.57 Å². The van der Waals surface area contributed by atoms with Gasteiger partial charge in [0.1, 0.15) is 17.3 Å². The van der Waals surface area contributed by atoms with Crippen LogP contribution in [0.15, 0.2) is 42.0 Å². The third-order valence-electron chi connectivity index (χ3n) is 6.13. The van der Waals surface area contributed by atoms with Gasteiger partial charge in [0.25, 0.3) is 0 Å². The van der Waals surface area contributed by atoms with Crippen LogP contribution in [0.3, 0.4) is 0 Å². The largest absolute Gasteiger partial charge is 0.385 e. The average molecular weight is 415 g/mol. The van der Waals surface area contributed by atoms with Crippen molar-refractivity contribution in [1.82, 2.24) is 4.90 Å². The lowest BCUT2D eigenvalue weighted by atomic mass is 9.84. The Labute approximate surface area is 176 Å². The molecule has 0 radical (unpaired) electrons. The van der Waals surface area contributed by atoms with Gasteiger partial charge in [0.2, 0.25) is 0 Å². The SMILES string of the molecule is CCNc1cc(F)c(C2C3=C(CC(C)N2CC(C)(C)F)c2ccccc2C3)c(F)c1. The number of rotatable bonds is 5. The molecule has 2 aromatic carbocycles. The Morgan fingerprint density at radius 2 is 1.80 bits per heavy atom. The van der Waals surface area contributed by atoms with Crippen LogP contribution < -0.4 is 5.32 Å². The predicted molar refractivity (Wildman–Crippen MR) is 116 cm³/mol. The number of benzene rings is 2. The van der Waals surface area contributed by atoms with Gasteiger partial charge in [0.15, 0.2) is 0 Å². The number of fused-ring (bicyclic) bond motifs is 2. The summed E-state index contributed by atoms with van der Waals surface area (Å²) in [6.07, 6.45) is 1.39. The van der Waals surface area contributed by atoms with Crippen molar-refractivity contribution >= 4 is 11.3 Å². The van der Waals surface area contributed by atoms with Gasteiger partial charge >= 0.3 is 0 Å². The van der Waals surface area contributed by atoms with Crippen LogP contribution in [0.1, 0.15) is 56.8 Å². The van der Waals surface area contributed by atoms with Gasteiger partial charge in [-0.25, -0.2) is 13.2 Å². The molecule has 2 nitrogen and oxygen atoms in total. The Kier molecular flexibility index (Phi) is 5.43. The monoisotopic (exact) mass is 414 g/mol. The zero-order chi connectivity index (χ0) is 21.6. The van der Waals surface area contributed by atoms with Gasteiger partial charge in [-0.05, 0) is 74.9 Å². The van der Waals surface area contributed by atoms with Gasteiger partial charge in [0, 0.05) is 30.4 Å². The smallest absolute Gasteiger partial charge is 0.133 e. The summed E-state index contributed by atoms with van der Waals surface area (Å²) in [6.45, 7) is 7.62. The quantitative estimate of drug-likeness (QED) is 0.619. The second kappa shape index (κ2) is 7.77. The van der Waals surface area contributed by atoms with Crippen molar-refractivity contribution in [2.45, 2.75) is 58.3 Å². The minimum atomic E-state index is -1.48. The lowest BCUT2D eigenvalue weighted by Gasteiger charge is -2.44. The molecule has 0 saturated heterocycles. The number of anilines is 1. The summed E-state index contributed by atoms with van der Waals surface area (Å²) in [5, 5.41) is 2.97. The van der Waals surface area contributed by atoms with E-state index in [4.69, 9.17) is 0 Å². The van der Waals surface area contributed by atoms with Gasteiger partial charge in [0.05, 0.1) is 6.04 Å². The second-order valence-corrected chi connectivity index (χ2v) is 9.07. The van der Waals surface area contributed by atoms with Crippen molar-refractivity contribution in [3.63, 3.8) is 0 Å². The summed E-state index contributed by atoms with van der Waals surface area (Å²) < 4.78 is 45.4. The normalized spacial score (nSPS) is 21.6. The zero-order valence-corrected chi connectivity index (χ0v) is 18.0. The molecule has 2 aromatic rings. The molecule has 160 valence electrons. The average Bonchev–Trinajstić information content (AvgIpc) is 3.01. The summed E-state index contributed by atoms with van der Waals surface area (Å²) in [4.78, 5) is 1.94. The fourth-order valence-corrected chi connectivity index (χ4v) is 5.00. The third kappa shape index (κ3) is 3.76. The highest BCUT2D eigenvalue weighted by Gasteiger charge is 2.42. The van der Waals surface area contributed by atoms with Crippen molar-refractivity contribution < 1.29 is 13.2 Å². The summed E-state index contributed by atoms with van der Waals surface area (Å²) in [6, 6.07) is 10.2. The van der Waals surface area contributed by atoms with Crippen molar-refractivity contribution in [2.24, 2.45) is 0 Å². The minimum Gasteiger partial charge on any atom is -0.385 e. The van der Waals surface area contributed by atoms with Crippen LogP contribution in [0.4, 0.5) is 18.9 Å². The summed E-state index contributed by atoms with van der Waals surface area (Å²) in [5.74, 6) is -1.18. The molecule has 2 aliphatic rings. The van der Waals surface area contributed by atoms with Gasteiger partial charge in [-0.3, -0.25) is 4.90 Å². The maximum atomic E-state index is 15.3. The van der Waals surface area contributed by atoms with Crippen LogP contribution in [-0.4, -0.2) is 29.7 Å². The first-order valence-electron chi connectivity index (χ1n) is 10.7. The lowest BCUT2D eigenvalue weighted by Crippen LogP contribution is -2.47. The first-order chi connectivity index (χ1) is 14.2. The number of hydrogen-bond acceptors (Lipinski definition) is 2. The first-order valence-corrected chi connectivity index (χ1v) is 10.7. The zero-order valence-electron chi connectivity index (χ0n) is 18.0. The predicted octanol–water partition coefficient (Wildman–Crippen LogP) is 6.29. The Morgan fingerprint density at radius 1 is 1.13 bits per heavy atom. The van der Waals surface area contributed by atoms with Crippen LogP contribution >= 0.6 is 0 Å². The Balaban J connectivity index is 1.87. The standard InChI is InChI=1S/C25H29F3N2/c1-5-29-17-12-21(26)23(22(27)13-17)24-20-11-16-8-6-7-9-18(16)19(20)10-15(2)30(24)14-25(3,4)28/h6-9,12-13,15,24,29H,5,10-11,14H2,1-4H3. The molecule has 1 heterocycles. The summed E-state index contributed by atoms with van der Waals surface area (Å²) in [5.41, 5.74) is 3.44. The molecule has 1 N–H and O–H groups in total. The second-order valence-electron chi connectivity index (χ2n) is 9.07. The molecule has 0 amide bonds. The van der Waals surface area contributed by atoms with Crippen molar-refractivity contribution in [2.75, 3.05) is 18.4 Å². The van der Waals surface area contributed by atoms with Gasteiger partial charge < -0.3 is 5.32 Å². The van der Waals surface area contributed by atoms with E-state index in [0.717, 1.165) is 23.1 Å². The van der Waals surface area contributed by atoms with Crippen LogP contribution in [0.2, 0.25) is 0 Å². The highest BCUT2D eigenvalue weighted by Crippen LogP contribution is 2.50. The summed E-state index contributed by atoms with van der Waals surface area (Å²) >= 11 is 0. The lowest BCUT2D eigenvalue weighted by molar-refractivity contribution is 0.0677. The fourth-order valence-electron chi connectivity index (χ4n) is 5.00. The molecule has 2 unspecified atom stereocenters. The Morgan fingerprint density at radius 3 is 2.43 bits per heavy atom. The van der Waals surface area contributed by atoms with Crippen LogP contribution in [-0.2, 0) is 6.42 Å². The van der Waals surface area contributed by atoms with Gasteiger partial charge in [-0.2, -0.15) is 0 Å². The minimum absolute atomic E-state index is 0.0211. The fraction of sp³-hybridized carbons (Fsp3) is 0.440. The van der Waals surface area contributed by atoms with Crippen molar-refractivity contribution in [1.29, 1.82) is 0 Å².